The topological polar surface area (TPSA) is 113 Å². The number of imidazole rings is 1. The van der Waals surface area contributed by atoms with Crippen molar-refractivity contribution < 1.29 is 32.7 Å². The summed E-state index contributed by atoms with van der Waals surface area (Å²) in [6.07, 6.45) is -4.66. The highest BCUT2D eigenvalue weighted by Gasteiger charge is 2.31. The summed E-state index contributed by atoms with van der Waals surface area (Å²) in [5.41, 5.74) is 2.30. The van der Waals surface area contributed by atoms with Crippen molar-refractivity contribution in [2.75, 3.05) is 0 Å². The summed E-state index contributed by atoms with van der Waals surface area (Å²) < 4.78 is 48.1. The lowest BCUT2D eigenvalue weighted by atomic mass is 10.1. The number of alkyl halides is 3. The molecule has 0 bridgehead atoms. The van der Waals surface area contributed by atoms with E-state index in [1.165, 1.54) is 28.0 Å². The molecule has 200 valence electrons. The van der Waals surface area contributed by atoms with Gasteiger partial charge in [0.2, 0.25) is 0 Å². The first-order valence-electron chi connectivity index (χ1n) is 11.1. The Balaban J connectivity index is 1.43. The molecule has 2 unspecified atom stereocenters. The molecule has 2 atom stereocenters. The summed E-state index contributed by atoms with van der Waals surface area (Å²) in [6, 6.07) is 12.6. The number of thiazole rings is 1. The molecule has 4 aromatic rings. The molecular weight excluding hydrogens is 549 g/mol. The minimum atomic E-state index is -4.74. The van der Waals surface area contributed by atoms with Gasteiger partial charge in [-0.2, -0.15) is 0 Å². The Morgan fingerprint density at radius 1 is 1.13 bits per heavy atom. The maximum absolute atomic E-state index is 12.3. The number of benzene rings is 2. The van der Waals surface area contributed by atoms with Crippen LogP contribution in [0.15, 0.2) is 60.1 Å². The maximum atomic E-state index is 12.3. The molecule has 0 aliphatic carbocycles. The van der Waals surface area contributed by atoms with Gasteiger partial charge in [0.1, 0.15) is 17.7 Å². The number of hydrogen-bond acceptors (Lipinski definition) is 8. The third-order valence-electron chi connectivity index (χ3n) is 5.20. The number of aliphatic hydroxyl groups is 1. The van der Waals surface area contributed by atoms with Crippen molar-refractivity contribution in [1.82, 2.24) is 14.5 Å². The zero-order chi connectivity index (χ0) is 27.4. The number of aliphatic hydroxyl groups excluding tert-OH is 1. The molecule has 38 heavy (non-hydrogen) atoms. The molecule has 0 amide bonds. The lowest BCUT2D eigenvalue weighted by Crippen LogP contribution is -2.20. The second-order valence-electron chi connectivity index (χ2n) is 8.21. The number of nitro groups is 1. The molecule has 2 aromatic carbocycles. The molecule has 0 aliphatic heterocycles. The van der Waals surface area contributed by atoms with E-state index in [0.29, 0.717) is 17.9 Å². The Bertz CT molecular complexity index is 1390. The third-order valence-corrected chi connectivity index (χ3v) is 6.33. The SMILES string of the molecule is CC(O)CC(Oc1ccc(-c2csc(Cc3ccc(OC(F)(F)F)cc3)n2)cc1)n1cc([N+](=O)[O-])nc1Cl. The van der Waals surface area contributed by atoms with Crippen LogP contribution < -0.4 is 9.47 Å². The lowest BCUT2D eigenvalue weighted by Gasteiger charge is -2.21. The van der Waals surface area contributed by atoms with Crippen molar-refractivity contribution in [3.05, 3.63) is 86.1 Å². The van der Waals surface area contributed by atoms with Gasteiger partial charge in [-0.1, -0.05) is 12.1 Å². The van der Waals surface area contributed by atoms with E-state index in [-0.39, 0.29) is 17.5 Å². The highest BCUT2D eigenvalue weighted by molar-refractivity contribution is 7.10. The number of rotatable bonds is 10. The van der Waals surface area contributed by atoms with Gasteiger partial charge in [-0.05, 0) is 70.4 Å². The van der Waals surface area contributed by atoms with Crippen molar-refractivity contribution in [2.45, 2.75) is 38.5 Å². The quantitative estimate of drug-likeness (QED) is 0.174. The van der Waals surface area contributed by atoms with E-state index < -0.39 is 29.4 Å². The smallest absolute Gasteiger partial charge is 0.470 e. The van der Waals surface area contributed by atoms with Crippen LogP contribution in [0.1, 0.15) is 30.1 Å². The molecule has 4 rings (SSSR count). The number of hydrogen-bond donors (Lipinski definition) is 1. The van der Waals surface area contributed by atoms with Crippen LogP contribution in [0.25, 0.3) is 11.3 Å². The Morgan fingerprint density at radius 3 is 2.37 bits per heavy atom. The standard InChI is InChI=1S/C24H20ClF3N4O5S/c1-14(33)10-22(31-12-20(32(34)35)30-23(31)25)36-17-8-4-16(5-9-17)19-13-38-21(29-19)11-15-2-6-18(7-3-15)37-24(26,27)28/h2-9,12-14,22,33H,10-11H2,1H3. The summed E-state index contributed by atoms with van der Waals surface area (Å²) in [6.45, 7) is 1.56. The van der Waals surface area contributed by atoms with E-state index in [1.54, 1.807) is 43.3 Å². The summed E-state index contributed by atoms with van der Waals surface area (Å²) in [5.74, 6) is -0.287. The van der Waals surface area contributed by atoms with Crippen LogP contribution in [0.5, 0.6) is 11.5 Å². The predicted octanol–water partition coefficient (Wildman–Crippen LogP) is 6.41. The van der Waals surface area contributed by atoms with Gasteiger partial charge in [0.25, 0.3) is 0 Å². The summed E-state index contributed by atoms with van der Waals surface area (Å²) >= 11 is 7.48. The second kappa shape index (κ2) is 11.4. The van der Waals surface area contributed by atoms with E-state index in [4.69, 9.17) is 16.3 Å². The van der Waals surface area contributed by atoms with Gasteiger partial charge in [0, 0.05) is 23.8 Å². The van der Waals surface area contributed by atoms with Crippen molar-refractivity contribution in [1.29, 1.82) is 0 Å². The first-order valence-corrected chi connectivity index (χ1v) is 12.4. The molecule has 9 nitrogen and oxygen atoms in total. The minimum Gasteiger partial charge on any atom is -0.470 e. The van der Waals surface area contributed by atoms with Gasteiger partial charge in [0.15, 0.2) is 6.23 Å². The van der Waals surface area contributed by atoms with Crippen LogP contribution in [-0.2, 0) is 6.42 Å². The zero-order valence-electron chi connectivity index (χ0n) is 19.6. The van der Waals surface area contributed by atoms with Gasteiger partial charge in [-0.3, -0.25) is 4.57 Å². The highest BCUT2D eigenvalue weighted by Crippen LogP contribution is 2.30. The summed E-state index contributed by atoms with van der Waals surface area (Å²) in [4.78, 5) is 18.7. The van der Waals surface area contributed by atoms with Crippen LogP contribution in [0.4, 0.5) is 19.0 Å². The molecule has 1 N–H and O–H groups in total. The molecule has 0 fully saturated rings. The third kappa shape index (κ3) is 7.21. The van der Waals surface area contributed by atoms with E-state index in [0.717, 1.165) is 22.3 Å². The van der Waals surface area contributed by atoms with E-state index in [2.05, 4.69) is 14.7 Å². The number of aromatic nitrogens is 3. The number of nitrogens with zero attached hydrogens (tertiary/aromatic N) is 4. The first-order chi connectivity index (χ1) is 18.0. The van der Waals surface area contributed by atoms with Gasteiger partial charge < -0.3 is 24.7 Å². The van der Waals surface area contributed by atoms with Gasteiger partial charge in [-0.25, -0.2) is 4.98 Å². The largest absolute Gasteiger partial charge is 0.573 e. The van der Waals surface area contributed by atoms with Crippen LogP contribution in [0.3, 0.4) is 0 Å². The molecule has 0 saturated carbocycles. The Kier molecular flexibility index (Phi) is 8.19. The Hall–Kier alpha value is -3.68. The molecule has 0 radical (unpaired) electrons. The van der Waals surface area contributed by atoms with Crippen LogP contribution in [-0.4, -0.2) is 37.0 Å². The maximum Gasteiger partial charge on any atom is 0.573 e. The van der Waals surface area contributed by atoms with E-state index >= 15 is 0 Å². The molecular formula is C24H20ClF3N4O5S. The van der Waals surface area contributed by atoms with Crippen molar-refractivity contribution in [3.8, 4) is 22.8 Å². The monoisotopic (exact) mass is 568 g/mol. The lowest BCUT2D eigenvalue weighted by molar-refractivity contribution is -0.389. The highest BCUT2D eigenvalue weighted by atomic mass is 35.5. The molecule has 2 aromatic heterocycles. The van der Waals surface area contributed by atoms with Crippen LogP contribution in [0, 0.1) is 10.1 Å². The van der Waals surface area contributed by atoms with Crippen LogP contribution in [0.2, 0.25) is 5.28 Å². The number of halogens is 4. The van der Waals surface area contributed by atoms with Crippen LogP contribution >= 0.6 is 22.9 Å². The second-order valence-corrected chi connectivity index (χ2v) is 9.49. The molecule has 14 heteroatoms. The van der Waals surface area contributed by atoms with Crippen molar-refractivity contribution >= 4 is 28.8 Å². The zero-order valence-corrected chi connectivity index (χ0v) is 21.2. The number of ether oxygens (including phenoxy) is 2. The predicted molar refractivity (Wildman–Crippen MR) is 133 cm³/mol. The molecule has 0 spiro atoms. The van der Waals surface area contributed by atoms with Gasteiger partial charge in [-0.15, -0.1) is 24.5 Å². The van der Waals surface area contributed by atoms with Crippen molar-refractivity contribution in [2.24, 2.45) is 0 Å². The summed E-state index contributed by atoms with van der Waals surface area (Å²) in [5, 5.41) is 23.4. The Labute approximate surface area is 223 Å². The molecule has 0 saturated heterocycles. The fourth-order valence-electron chi connectivity index (χ4n) is 3.53. The van der Waals surface area contributed by atoms with E-state index in [9.17, 15) is 28.4 Å². The normalized spacial score (nSPS) is 13.2. The minimum absolute atomic E-state index is 0.105. The van der Waals surface area contributed by atoms with Crippen molar-refractivity contribution in [3.63, 3.8) is 0 Å². The first kappa shape index (κ1) is 27.4. The summed E-state index contributed by atoms with van der Waals surface area (Å²) in [7, 11) is 0. The fourth-order valence-corrected chi connectivity index (χ4v) is 4.61. The van der Waals surface area contributed by atoms with E-state index in [1.807, 2.05) is 5.38 Å². The van der Waals surface area contributed by atoms with Gasteiger partial charge >= 0.3 is 17.5 Å². The molecule has 2 heterocycles. The molecule has 0 aliphatic rings. The Morgan fingerprint density at radius 2 is 1.79 bits per heavy atom. The fraction of sp³-hybridized carbons (Fsp3) is 0.250. The average Bonchev–Trinajstić information content (AvgIpc) is 3.46. The average molecular weight is 569 g/mol. The van der Waals surface area contributed by atoms with Gasteiger partial charge in [0.05, 0.1) is 16.8 Å².